The van der Waals surface area contributed by atoms with Gasteiger partial charge in [0.1, 0.15) is 0 Å². The highest BCUT2D eigenvalue weighted by molar-refractivity contribution is 6.22. The summed E-state index contributed by atoms with van der Waals surface area (Å²) in [4.78, 5) is 0. The number of rotatable bonds is 4. The van der Waals surface area contributed by atoms with E-state index in [9.17, 15) is 0 Å². The van der Waals surface area contributed by atoms with Crippen molar-refractivity contribution in [2.75, 3.05) is 0 Å². The van der Waals surface area contributed by atoms with Gasteiger partial charge in [0.25, 0.3) is 0 Å². The molecule has 0 atom stereocenters. The van der Waals surface area contributed by atoms with E-state index in [0.717, 1.165) is 0 Å². The Morgan fingerprint density at radius 3 is 1.27 bits per heavy atom. The molecule has 63 heavy (non-hydrogen) atoms. The maximum absolute atomic E-state index is 2.47. The van der Waals surface area contributed by atoms with Crippen LogP contribution >= 0.6 is 0 Å². The number of fused-ring (bicyclic) bond motifs is 13. The summed E-state index contributed by atoms with van der Waals surface area (Å²) in [5, 5.41) is 15.5. The Hall–Kier alpha value is -7.80. The summed E-state index contributed by atoms with van der Waals surface area (Å²) in [6.45, 7) is 4.81. The van der Waals surface area contributed by atoms with E-state index in [1.807, 2.05) is 0 Å². The Labute approximate surface area is 367 Å². The lowest BCUT2D eigenvalue weighted by Crippen LogP contribution is -2.15. The first-order chi connectivity index (χ1) is 31.0. The van der Waals surface area contributed by atoms with Gasteiger partial charge in [-0.3, -0.25) is 0 Å². The number of benzene rings is 12. The zero-order chi connectivity index (χ0) is 41.8. The van der Waals surface area contributed by atoms with E-state index in [1.165, 1.54) is 131 Å². The molecule has 0 unspecified atom stereocenters. The largest absolute Gasteiger partial charge is 0.0616 e. The summed E-state index contributed by atoms with van der Waals surface area (Å²) >= 11 is 0. The van der Waals surface area contributed by atoms with Crippen LogP contribution in [0.3, 0.4) is 0 Å². The lowest BCUT2D eigenvalue weighted by atomic mass is 9.79. The molecule has 0 bridgehead atoms. The fraction of sp³-hybridized carbons (Fsp3) is 0.0476. The molecule has 0 heteroatoms. The predicted molar refractivity (Wildman–Crippen MR) is 271 cm³/mol. The normalized spacial score (nSPS) is 13.0. The van der Waals surface area contributed by atoms with Crippen molar-refractivity contribution in [2.24, 2.45) is 0 Å². The van der Waals surface area contributed by atoms with Gasteiger partial charge in [-0.1, -0.05) is 208 Å². The molecule has 13 rings (SSSR count). The van der Waals surface area contributed by atoms with Crippen molar-refractivity contribution in [1.29, 1.82) is 0 Å². The molecule has 0 amide bonds. The zero-order valence-corrected chi connectivity index (χ0v) is 35.3. The summed E-state index contributed by atoms with van der Waals surface area (Å²) in [5.41, 5.74) is 15.4. The van der Waals surface area contributed by atoms with Crippen LogP contribution in [0.5, 0.6) is 0 Å². The average Bonchev–Trinajstić information content (AvgIpc) is 3.59. The molecule has 0 saturated carbocycles. The predicted octanol–water partition coefficient (Wildman–Crippen LogP) is 17.6. The number of hydrogen-bond donors (Lipinski definition) is 0. The van der Waals surface area contributed by atoms with Gasteiger partial charge < -0.3 is 0 Å². The van der Waals surface area contributed by atoms with E-state index in [2.05, 4.69) is 232 Å². The van der Waals surface area contributed by atoms with Crippen LogP contribution in [0.25, 0.3) is 120 Å². The zero-order valence-electron chi connectivity index (χ0n) is 35.3. The molecule has 1 aliphatic rings. The third kappa shape index (κ3) is 5.28. The van der Waals surface area contributed by atoms with Crippen molar-refractivity contribution in [1.82, 2.24) is 0 Å². The summed E-state index contributed by atoms with van der Waals surface area (Å²) in [6.07, 6.45) is 0. The molecule has 0 spiro atoms. The minimum atomic E-state index is -0.128. The van der Waals surface area contributed by atoms with Crippen LogP contribution in [0.4, 0.5) is 0 Å². The lowest BCUT2D eigenvalue weighted by Gasteiger charge is -2.24. The highest BCUT2D eigenvalue weighted by Gasteiger charge is 2.38. The van der Waals surface area contributed by atoms with Crippen LogP contribution in [0.1, 0.15) is 25.0 Å². The van der Waals surface area contributed by atoms with Crippen molar-refractivity contribution < 1.29 is 0 Å². The molecule has 12 aromatic carbocycles. The second kappa shape index (κ2) is 13.6. The van der Waals surface area contributed by atoms with Crippen LogP contribution in [0.15, 0.2) is 218 Å². The maximum atomic E-state index is 2.47. The van der Waals surface area contributed by atoms with E-state index in [4.69, 9.17) is 0 Å². The Bertz CT molecular complexity index is 3820. The van der Waals surface area contributed by atoms with Gasteiger partial charge in [0.2, 0.25) is 0 Å². The molecule has 1 aliphatic carbocycles. The average molecular weight is 799 g/mol. The highest BCUT2D eigenvalue weighted by atomic mass is 14.4. The lowest BCUT2D eigenvalue weighted by molar-refractivity contribution is 0.666. The van der Waals surface area contributed by atoms with Gasteiger partial charge >= 0.3 is 0 Å². The minimum Gasteiger partial charge on any atom is -0.0616 e. The smallest absolute Gasteiger partial charge is 0.0165 e. The van der Waals surface area contributed by atoms with Gasteiger partial charge in [-0.05, 0) is 156 Å². The summed E-state index contributed by atoms with van der Waals surface area (Å²) in [6, 6.07) is 81.6. The second-order valence-electron chi connectivity index (χ2n) is 17.9. The first-order valence-electron chi connectivity index (χ1n) is 22.2. The Kier molecular flexibility index (Phi) is 7.75. The monoisotopic (exact) mass is 798 g/mol. The first kappa shape index (κ1) is 35.9. The van der Waals surface area contributed by atoms with E-state index in [1.54, 1.807) is 0 Å². The molecule has 12 aromatic rings. The van der Waals surface area contributed by atoms with Crippen LogP contribution in [-0.2, 0) is 5.41 Å². The van der Waals surface area contributed by atoms with Gasteiger partial charge in [0.15, 0.2) is 0 Å². The maximum Gasteiger partial charge on any atom is 0.0165 e. The fourth-order valence-electron chi connectivity index (χ4n) is 11.4. The molecule has 0 nitrogen and oxygen atoms in total. The molecule has 294 valence electrons. The van der Waals surface area contributed by atoms with Crippen molar-refractivity contribution in [3.05, 3.63) is 230 Å². The molecule has 0 radical (unpaired) electrons. The van der Waals surface area contributed by atoms with E-state index in [0.29, 0.717) is 0 Å². The van der Waals surface area contributed by atoms with E-state index < -0.39 is 0 Å². The van der Waals surface area contributed by atoms with Crippen LogP contribution in [0.2, 0.25) is 0 Å². The number of hydrogen-bond acceptors (Lipinski definition) is 0. The highest BCUT2D eigenvalue weighted by Crippen LogP contribution is 2.55. The summed E-state index contributed by atoms with van der Waals surface area (Å²) in [5.74, 6) is 0. The Morgan fingerprint density at radius 2 is 0.667 bits per heavy atom. The third-order valence-electron chi connectivity index (χ3n) is 14.2. The Morgan fingerprint density at radius 1 is 0.254 bits per heavy atom. The van der Waals surface area contributed by atoms with Gasteiger partial charge in [0, 0.05) is 5.41 Å². The molecule has 0 heterocycles. The van der Waals surface area contributed by atoms with Crippen molar-refractivity contribution in [3.8, 4) is 55.6 Å². The molecule has 0 saturated heterocycles. The van der Waals surface area contributed by atoms with Crippen LogP contribution in [-0.4, -0.2) is 0 Å². The fourth-order valence-corrected chi connectivity index (χ4v) is 11.4. The quantitative estimate of drug-likeness (QED) is 0.123. The second-order valence-corrected chi connectivity index (χ2v) is 17.9. The first-order valence-corrected chi connectivity index (χ1v) is 22.2. The minimum absolute atomic E-state index is 0.128. The Balaban J connectivity index is 0.984. The molecule has 0 aliphatic heterocycles. The van der Waals surface area contributed by atoms with Crippen LogP contribution in [0, 0.1) is 0 Å². The van der Waals surface area contributed by atoms with Crippen molar-refractivity contribution in [3.63, 3.8) is 0 Å². The molecular weight excluding hydrogens is 757 g/mol. The van der Waals surface area contributed by atoms with Crippen molar-refractivity contribution in [2.45, 2.75) is 19.3 Å². The SMILES string of the molecule is CC1(C)c2ccc(-c3cccc(-c4c5ccccc5c(-c5cccc(-c6cc7ccccc7c7ccccc67)c5)c5ccccc45)c3)cc2-c2c1c1ccccc1c1ccccc21. The molecule has 0 N–H and O–H groups in total. The summed E-state index contributed by atoms with van der Waals surface area (Å²) < 4.78 is 0. The summed E-state index contributed by atoms with van der Waals surface area (Å²) in [7, 11) is 0. The van der Waals surface area contributed by atoms with Crippen LogP contribution < -0.4 is 0 Å². The molecule has 0 fully saturated rings. The van der Waals surface area contributed by atoms with E-state index in [-0.39, 0.29) is 5.41 Å². The van der Waals surface area contributed by atoms with Crippen molar-refractivity contribution >= 4 is 64.6 Å². The standard InChI is InChI=1S/C63H42/c1-63(2)58-34-33-40(37-57(58)61-50-27-9-7-24-47(50)48-25-8-14-32-55(48)62(61)63)39-18-15-20-43(35-39)59-51-28-10-12-30-53(51)60(54-31-13-11-29-52(54)59)44-21-16-19-41(36-44)56-38-42-17-3-4-22-45(42)46-23-5-6-26-49(46)56/h3-38H,1-2H3. The molecular formula is C63H42. The van der Waals surface area contributed by atoms with Gasteiger partial charge in [-0.2, -0.15) is 0 Å². The molecule has 0 aromatic heterocycles. The topological polar surface area (TPSA) is 0 Å². The van der Waals surface area contributed by atoms with Gasteiger partial charge in [0.05, 0.1) is 0 Å². The van der Waals surface area contributed by atoms with Gasteiger partial charge in [-0.25, -0.2) is 0 Å². The third-order valence-corrected chi connectivity index (χ3v) is 14.2. The van der Waals surface area contributed by atoms with E-state index >= 15 is 0 Å². The van der Waals surface area contributed by atoms with Gasteiger partial charge in [-0.15, -0.1) is 0 Å².